The summed E-state index contributed by atoms with van der Waals surface area (Å²) in [6, 6.07) is 3.55. The lowest BCUT2D eigenvalue weighted by molar-refractivity contribution is -0.140. The van der Waals surface area contributed by atoms with Gasteiger partial charge in [-0.2, -0.15) is 13.2 Å². The smallest absolute Gasteiger partial charge is 0.406 e. The quantitative estimate of drug-likeness (QED) is 0.889. The van der Waals surface area contributed by atoms with Crippen molar-refractivity contribution < 1.29 is 28.2 Å². The maximum absolute atomic E-state index is 12.4. The van der Waals surface area contributed by atoms with Gasteiger partial charge in [0, 0.05) is 6.54 Å². The van der Waals surface area contributed by atoms with Crippen molar-refractivity contribution in [3.05, 3.63) is 23.8 Å². The average Bonchev–Trinajstić information content (AvgIpc) is 2.26. The van der Waals surface area contributed by atoms with Gasteiger partial charge in [-0.1, -0.05) is 13.0 Å². The molecular weight excluding hydrogens is 263 g/mol. The molecule has 0 bridgehead atoms. The fraction of sp³-hybridized carbons (Fsp3) is 0.417. The maximum atomic E-state index is 12.4. The van der Waals surface area contributed by atoms with E-state index in [1.165, 1.54) is 6.07 Å². The van der Waals surface area contributed by atoms with E-state index < -0.39 is 35.7 Å². The first-order chi connectivity index (χ1) is 8.76. The second-order valence-electron chi connectivity index (χ2n) is 4.01. The predicted octanol–water partition coefficient (Wildman–Crippen LogP) is 2.51. The van der Waals surface area contributed by atoms with Crippen LogP contribution in [-0.2, 0) is 0 Å². The Morgan fingerprint density at radius 2 is 1.79 bits per heavy atom. The van der Waals surface area contributed by atoms with Crippen molar-refractivity contribution in [2.45, 2.75) is 19.5 Å². The molecule has 0 aromatic heterocycles. The fourth-order valence-electron chi connectivity index (χ4n) is 1.64. The van der Waals surface area contributed by atoms with Crippen molar-refractivity contribution in [2.75, 3.05) is 13.1 Å². The number of hydrogen-bond acceptors (Lipinski definition) is 3. The molecule has 0 radical (unpaired) electrons. The summed E-state index contributed by atoms with van der Waals surface area (Å²) in [4.78, 5) is 12.5. The van der Waals surface area contributed by atoms with Gasteiger partial charge in [-0.25, -0.2) is 0 Å². The Balaban J connectivity index is 3.06. The number of benzene rings is 1. The summed E-state index contributed by atoms with van der Waals surface area (Å²) in [5, 5.41) is 19.0. The first-order valence-electron chi connectivity index (χ1n) is 5.63. The zero-order valence-corrected chi connectivity index (χ0v) is 10.2. The van der Waals surface area contributed by atoms with Gasteiger partial charge in [0.1, 0.15) is 23.6 Å². The summed E-state index contributed by atoms with van der Waals surface area (Å²) in [5.74, 6) is -2.14. The van der Waals surface area contributed by atoms with Gasteiger partial charge in [0.05, 0.1) is 0 Å². The Bertz CT molecular complexity index is 440. The van der Waals surface area contributed by atoms with Gasteiger partial charge in [-0.05, 0) is 18.6 Å². The summed E-state index contributed by atoms with van der Waals surface area (Å²) >= 11 is 0. The van der Waals surface area contributed by atoms with Gasteiger partial charge in [-0.15, -0.1) is 0 Å². The van der Waals surface area contributed by atoms with Crippen LogP contribution < -0.4 is 0 Å². The van der Waals surface area contributed by atoms with E-state index in [9.17, 15) is 28.2 Å². The van der Waals surface area contributed by atoms with Gasteiger partial charge in [0.15, 0.2) is 0 Å². The highest BCUT2D eigenvalue weighted by atomic mass is 19.4. The van der Waals surface area contributed by atoms with E-state index in [1.807, 2.05) is 0 Å². The van der Waals surface area contributed by atoms with E-state index in [-0.39, 0.29) is 6.54 Å². The highest BCUT2D eigenvalue weighted by Gasteiger charge is 2.34. The van der Waals surface area contributed by atoms with Crippen molar-refractivity contribution in [2.24, 2.45) is 0 Å². The minimum absolute atomic E-state index is 0.119. The van der Waals surface area contributed by atoms with Crippen LogP contribution in [0.1, 0.15) is 23.7 Å². The van der Waals surface area contributed by atoms with Crippen molar-refractivity contribution in [1.82, 2.24) is 4.90 Å². The lowest BCUT2D eigenvalue weighted by Gasteiger charge is -2.24. The standard InChI is InChI=1S/C12H14F3NO3/c1-2-6-16(7-12(13,14)15)11(19)10-8(17)4-3-5-9(10)18/h3-5,17-18H,2,6-7H2,1H3. The lowest BCUT2D eigenvalue weighted by atomic mass is 10.1. The summed E-state index contributed by atoms with van der Waals surface area (Å²) in [5.41, 5.74) is -0.514. The SMILES string of the molecule is CCCN(CC(F)(F)F)C(=O)c1c(O)cccc1O. The first kappa shape index (κ1) is 15.1. The number of carbonyl (C=O) groups excluding carboxylic acids is 1. The highest BCUT2D eigenvalue weighted by Crippen LogP contribution is 2.29. The van der Waals surface area contributed by atoms with Crippen LogP contribution in [0.5, 0.6) is 11.5 Å². The summed E-state index contributed by atoms with van der Waals surface area (Å²) < 4.78 is 37.2. The molecule has 0 saturated heterocycles. The predicted molar refractivity (Wildman–Crippen MR) is 62.0 cm³/mol. The molecule has 0 spiro atoms. The third-order valence-corrected chi connectivity index (χ3v) is 2.39. The third kappa shape index (κ3) is 4.04. The van der Waals surface area contributed by atoms with Gasteiger partial charge < -0.3 is 15.1 Å². The Labute approximate surface area is 108 Å². The van der Waals surface area contributed by atoms with E-state index in [0.29, 0.717) is 11.3 Å². The number of hydrogen-bond donors (Lipinski definition) is 2. The lowest BCUT2D eigenvalue weighted by Crippen LogP contribution is -2.39. The second kappa shape index (κ2) is 5.81. The number of alkyl halides is 3. The number of phenols is 2. The topological polar surface area (TPSA) is 60.8 Å². The number of halogens is 3. The second-order valence-corrected chi connectivity index (χ2v) is 4.01. The average molecular weight is 277 g/mol. The number of rotatable bonds is 4. The molecule has 106 valence electrons. The van der Waals surface area contributed by atoms with Crippen LogP contribution in [0.15, 0.2) is 18.2 Å². The highest BCUT2D eigenvalue weighted by molar-refractivity contribution is 5.99. The van der Waals surface area contributed by atoms with Gasteiger partial charge in [0.25, 0.3) is 5.91 Å². The van der Waals surface area contributed by atoms with Gasteiger partial charge in [0.2, 0.25) is 0 Å². The third-order valence-electron chi connectivity index (χ3n) is 2.39. The van der Waals surface area contributed by atoms with Crippen LogP contribution in [0, 0.1) is 0 Å². The molecule has 7 heteroatoms. The number of phenolic OH excluding ortho intramolecular Hbond substituents is 2. The van der Waals surface area contributed by atoms with Crippen molar-refractivity contribution in [3.8, 4) is 11.5 Å². The molecule has 1 rings (SSSR count). The maximum Gasteiger partial charge on any atom is 0.406 e. The molecule has 4 nitrogen and oxygen atoms in total. The molecule has 0 unspecified atom stereocenters. The van der Waals surface area contributed by atoms with Crippen LogP contribution in [0.25, 0.3) is 0 Å². The van der Waals surface area contributed by atoms with Crippen LogP contribution in [0.3, 0.4) is 0 Å². The Hall–Kier alpha value is -1.92. The van der Waals surface area contributed by atoms with Crippen molar-refractivity contribution in [1.29, 1.82) is 0 Å². The molecule has 1 aromatic carbocycles. The first-order valence-corrected chi connectivity index (χ1v) is 5.63. The summed E-state index contributed by atoms with van der Waals surface area (Å²) in [6.07, 6.45) is -4.21. The minimum atomic E-state index is -4.54. The van der Waals surface area contributed by atoms with E-state index in [4.69, 9.17) is 0 Å². The van der Waals surface area contributed by atoms with E-state index in [0.717, 1.165) is 12.1 Å². The minimum Gasteiger partial charge on any atom is -0.507 e. The number of aromatic hydroxyl groups is 2. The molecular formula is C12H14F3NO3. The Morgan fingerprint density at radius 1 is 1.26 bits per heavy atom. The largest absolute Gasteiger partial charge is 0.507 e. The molecule has 2 N–H and O–H groups in total. The Morgan fingerprint density at radius 3 is 2.21 bits per heavy atom. The molecule has 0 saturated carbocycles. The summed E-state index contributed by atoms with van der Waals surface area (Å²) in [6.45, 7) is 0.0843. The van der Waals surface area contributed by atoms with Gasteiger partial charge >= 0.3 is 6.18 Å². The zero-order valence-electron chi connectivity index (χ0n) is 10.2. The van der Waals surface area contributed by atoms with E-state index in [1.54, 1.807) is 6.92 Å². The van der Waals surface area contributed by atoms with Crippen LogP contribution in [-0.4, -0.2) is 40.3 Å². The zero-order chi connectivity index (χ0) is 14.6. The number of amides is 1. The molecule has 0 fully saturated rings. The van der Waals surface area contributed by atoms with Crippen LogP contribution in [0.2, 0.25) is 0 Å². The normalized spacial score (nSPS) is 11.4. The summed E-state index contributed by atoms with van der Waals surface area (Å²) in [7, 11) is 0. The fourth-order valence-corrected chi connectivity index (χ4v) is 1.64. The van der Waals surface area contributed by atoms with E-state index in [2.05, 4.69) is 0 Å². The monoisotopic (exact) mass is 277 g/mol. The molecule has 0 aliphatic carbocycles. The molecule has 0 aliphatic heterocycles. The number of carbonyl (C=O) groups is 1. The van der Waals surface area contributed by atoms with Crippen LogP contribution in [0.4, 0.5) is 13.2 Å². The molecule has 1 amide bonds. The van der Waals surface area contributed by atoms with Gasteiger partial charge in [-0.3, -0.25) is 4.79 Å². The molecule has 0 aliphatic rings. The van der Waals surface area contributed by atoms with Crippen LogP contribution >= 0.6 is 0 Å². The molecule has 19 heavy (non-hydrogen) atoms. The Kier molecular flexibility index (Phi) is 4.63. The molecule has 1 aromatic rings. The number of nitrogens with zero attached hydrogens (tertiary/aromatic N) is 1. The molecule has 0 atom stereocenters. The van der Waals surface area contributed by atoms with Crippen molar-refractivity contribution >= 4 is 5.91 Å². The molecule has 0 heterocycles. The van der Waals surface area contributed by atoms with E-state index >= 15 is 0 Å². The van der Waals surface area contributed by atoms with Crippen molar-refractivity contribution in [3.63, 3.8) is 0 Å².